The van der Waals surface area contributed by atoms with E-state index in [1.54, 1.807) is 0 Å². The lowest BCUT2D eigenvalue weighted by Gasteiger charge is -2.21. The van der Waals surface area contributed by atoms with Gasteiger partial charge < -0.3 is 5.32 Å². The number of carbonyl (C=O) groups is 3. The molecule has 8 nitrogen and oxygen atoms in total. The molecule has 3 amide bonds. The number of benzene rings is 2. The van der Waals surface area contributed by atoms with Crippen LogP contribution in [0.15, 0.2) is 48.5 Å². The van der Waals surface area contributed by atoms with Gasteiger partial charge in [-0.05, 0) is 31.4 Å². The molecular weight excluding hydrogens is 362 g/mol. The third-order valence-corrected chi connectivity index (χ3v) is 4.67. The van der Waals surface area contributed by atoms with Crippen molar-refractivity contribution in [1.29, 1.82) is 0 Å². The largest absolute Gasteiger partial charge is 0.354 e. The maximum Gasteiger partial charge on any atom is 0.282 e. The molecule has 0 saturated carbocycles. The molecule has 0 saturated heterocycles. The number of nitro groups is 1. The summed E-state index contributed by atoms with van der Waals surface area (Å²) in [6.07, 6.45) is 1.49. The summed E-state index contributed by atoms with van der Waals surface area (Å²) in [5, 5.41) is 13.9. The van der Waals surface area contributed by atoms with Crippen molar-refractivity contribution < 1.29 is 19.3 Å². The molecule has 28 heavy (non-hydrogen) atoms. The van der Waals surface area contributed by atoms with E-state index in [0.29, 0.717) is 13.0 Å². The van der Waals surface area contributed by atoms with Gasteiger partial charge in [0.2, 0.25) is 5.91 Å². The first kappa shape index (κ1) is 19.2. The smallest absolute Gasteiger partial charge is 0.282 e. The second kappa shape index (κ2) is 7.99. The first-order valence-electron chi connectivity index (χ1n) is 8.88. The maximum absolute atomic E-state index is 12.6. The maximum atomic E-state index is 12.6. The predicted molar refractivity (Wildman–Crippen MR) is 101 cm³/mol. The van der Waals surface area contributed by atoms with Gasteiger partial charge in [0.25, 0.3) is 17.5 Å². The van der Waals surface area contributed by atoms with Gasteiger partial charge >= 0.3 is 0 Å². The molecule has 0 aromatic heterocycles. The SMILES string of the molecule is C[C@@H](C(=O)NCCCc1ccccc1)N1C(=O)c2cccc([N+](=O)[O-])c2C1=O. The van der Waals surface area contributed by atoms with Crippen LogP contribution in [0.4, 0.5) is 5.69 Å². The summed E-state index contributed by atoms with van der Waals surface area (Å²) >= 11 is 0. The Hall–Kier alpha value is -3.55. The molecule has 2 aromatic rings. The molecule has 3 rings (SSSR count). The van der Waals surface area contributed by atoms with Gasteiger partial charge in [0.15, 0.2) is 0 Å². The van der Waals surface area contributed by atoms with Crippen molar-refractivity contribution >= 4 is 23.4 Å². The first-order valence-corrected chi connectivity index (χ1v) is 8.88. The van der Waals surface area contributed by atoms with E-state index >= 15 is 0 Å². The fourth-order valence-electron chi connectivity index (χ4n) is 3.20. The number of carbonyl (C=O) groups excluding carboxylic acids is 3. The summed E-state index contributed by atoms with van der Waals surface area (Å²) in [6.45, 7) is 1.82. The Morgan fingerprint density at radius 3 is 2.50 bits per heavy atom. The van der Waals surface area contributed by atoms with Crippen molar-refractivity contribution in [3.63, 3.8) is 0 Å². The summed E-state index contributed by atoms with van der Waals surface area (Å²) in [5.41, 5.74) is 0.399. The van der Waals surface area contributed by atoms with Crippen LogP contribution in [0.5, 0.6) is 0 Å². The second-order valence-electron chi connectivity index (χ2n) is 6.49. The molecule has 1 heterocycles. The van der Waals surface area contributed by atoms with E-state index in [-0.39, 0.29) is 11.1 Å². The lowest BCUT2D eigenvalue weighted by Crippen LogP contribution is -2.48. The molecule has 1 N–H and O–H groups in total. The third kappa shape index (κ3) is 3.62. The van der Waals surface area contributed by atoms with E-state index in [2.05, 4.69) is 5.32 Å². The lowest BCUT2D eigenvalue weighted by molar-refractivity contribution is -0.385. The van der Waals surface area contributed by atoms with Crippen LogP contribution in [0.2, 0.25) is 0 Å². The number of amides is 3. The van der Waals surface area contributed by atoms with E-state index in [1.165, 1.54) is 25.1 Å². The van der Waals surface area contributed by atoms with Crippen molar-refractivity contribution in [3.05, 3.63) is 75.3 Å². The first-order chi connectivity index (χ1) is 13.4. The molecule has 1 aliphatic heterocycles. The monoisotopic (exact) mass is 381 g/mol. The number of nitrogens with zero attached hydrogens (tertiary/aromatic N) is 2. The fraction of sp³-hybridized carbons (Fsp3) is 0.250. The van der Waals surface area contributed by atoms with E-state index in [4.69, 9.17) is 0 Å². The minimum Gasteiger partial charge on any atom is -0.354 e. The molecule has 0 bridgehead atoms. The van der Waals surface area contributed by atoms with Crippen molar-refractivity contribution in [2.75, 3.05) is 6.54 Å². The summed E-state index contributed by atoms with van der Waals surface area (Å²) in [4.78, 5) is 48.8. The highest BCUT2D eigenvalue weighted by Gasteiger charge is 2.44. The zero-order valence-electron chi connectivity index (χ0n) is 15.3. The van der Waals surface area contributed by atoms with Crippen LogP contribution in [0, 0.1) is 10.1 Å². The number of rotatable bonds is 7. The van der Waals surface area contributed by atoms with Gasteiger partial charge in [-0.3, -0.25) is 29.4 Å². The van der Waals surface area contributed by atoms with E-state index in [1.807, 2.05) is 30.3 Å². The molecule has 2 aromatic carbocycles. The van der Waals surface area contributed by atoms with Crippen LogP contribution < -0.4 is 5.32 Å². The van der Waals surface area contributed by atoms with Crippen LogP contribution in [0.1, 0.15) is 39.6 Å². The van der Waals surface area contributed by atoms with E-state index in [0.717, 1.165) is 16.9 Å². The van der Waals surface area contributed by atoms with Crippen LogP contribution in [-0.4, -0.2) is 40.1 Å². The Bertz CT molecular complexity index is 942. The normalized spacial score (nSPS) is 14.0. The van der Waals surface area contributed by atoms with Crippen molar-refractivity contribution in [3.8, 4) is 0 Å². The lowest BCUT2D eigenvalue weighted by atomic mass is 10.1. The Labute approximate surface area is 161 Å². The molecule has 0 radical (unpaired) electrons. The molecule has 1 atom stereocenters. The number of fused-ring (bicyclic) bond motifs is 1. The highest BCUT2D eigenvalue weighted by Crippen LogP contribution is 2.31. The van der Waals surface area contributed by atoms with Crippen LogP contribution in [0.25, 0.3) is 0 Å². The number of imide groups is 1. The summed E-state index contributed by atoms with van der Waals surface area (Å²) in [5.74, 6) is -2.00. The summed E-state index contributed by atoms with van der Waals surface area (Å²) in [6, 6.07) is 12.6. The molecule has 0 spiro atoms. The predicted octanol–water partition coefficient (Wildman–Crippen LogP) is 2.33. The van der Waals surface area contributed by atoms with Gasteiger partial charge in [-0.25, -0.2) is 0 Å². The van der Waals surface area contributed by atoms with Gasteiger partial charge in [-0.15, -0.1) is 0 Å². The quantitative estimate of drug-likeness (QED) is 0.343. The topological polar surface area (TPSA) is 110 Å². The van der Waals surface area contributed by atoms with E-state index in [9.17, 15) is 24.5 Å². The van der Waals surface area contributed by atoms with Crippen molar-refractivity contribution in [2.45, 2.75) is 25.8 Å². The molecule has 0 aliphatic carbocycles. The number of hydrogen-bond acceptors (Lipinski definition) is 5. The molecule has 1 aliphatic rings. The zero-order chi connectivity index (χ0) is 20.3. The Morgan fingerprint density at radius 1 is 1.11 bits per heavy atom. The average molecular weight is 381 g/mol. The van der Waals surface area contributed by atoms with Crippen LogP contribution >= 0.6 is 0 Å². The standard InChI is InChI=1S/C20H19N3O5/c1-13(18(24)21-12-6-9-14-7-3-2-4-8-14)22-19(25)15-10-5-11-16(23(27)28)17(15)20(22)26/h2-5,7-8,10-11,13H,6,9,12H2,1H3,(H,21,24)/t13-/m0/s1. The molecular formula is C20H19N3O5. The molecule has 144 valence electrons. The van der Waals surface area contributed by atoms with E-state index < -0.39 is 34.4 Å². The Morgan fingerprint density at radius 2 is 1.82 bits per heavy atom. The second-order valence-corrected chi connectivity index (χ2v) is 6.49. The highest BCUT2D eigenvalue weighted by molar-refractivity contribution is 6.24. The number of hydrogen-bond donors (Lipinski definition) is 1. The molecule has 8 heteroatoms. The van der Waals surface area contributed by atoms with Gasteiger partial charge in [0.05, 0.1) is 10.5 Å². The minimum absolute atomic E-state index is 0.0528. The van der Waals surface area contributed by atoms with Gasteiger partial charge in [-0.2, -0.15) is 0 Å². The zero-order valence-corrected chi connectivity index (χ0v) is 15.3. The number of nitro benzene ring substituents is 1. The van der Waals surface area contributed by atoms with Crippen LogP contribution in [0.3, 0.4) is 0 Å². The average Bonchev–Trinajstić information content (AvgIpc) is 2.95. The van der Waals surface area contributed by atoms with Crippen LogP contribution in [-0.2, 0) is 11.2 Å². The highest BCUT2D eigenvalue weighted by atomic mass is 16.6. The molecule has 0 fully saturated rings. The fourth-order valence-corrected chi connectivity index (χ4v) is 3.20. The summed E-state index contributed by atoms with van der Waals surface area (Å²) in [7, 11) is 0. The molecule has 0 unspecified atom stereocenters. The van der Waals surface area contributed by atoms with Gasteiger partial charge in [-0.1, -0.05) is 36.4 Å². The number of aryl methyl sites for hydroxylation is 1. The van der Waals surface area contributed by atoms with Crippen molar-refractivity contribution in [2.24, 2.45) is 0 Å². The minimum atomic E-state index is -1.07. The third-order valence-electron chi connectivity index (χ3n) is 4.67. The van der Waals surface area contributed by atoms with Gasteiger partial charge in [0, 0.05) is 12.6 Å². The Kier molecular flexibility index (Phi) is 5.49. The van der Waals surface area contributed by atoms with Crippen molar-refractivity contribution in [1.82, 2.24) is 10.2 Å². The Balaban J connectivity index is 1.64. The summed E-state index contributed by atoms with van der Waals surface area (Å²) < 4.78 is 0. The van der Waals surface area contributed by atoms with Gasteiger partial charge in [0.1, 0.15) is 11.6 Å². The number of nitrogens with one attached hydrogen (secondary N) is 1.